The van der Waals surface area contributed by atoms with Crippen LogP contribution in [0.3, 0.4) is 0 Å². The Labute approximate surface area is 172 Å². The van der Waals surface area contributed by atoms with Crippen molar-refractivity contribution in [2.45, 2.75) is 26.5 Å². The molecule has 0 bridgehead atoms. The maximum Gasteiger partial charge on any atom is 0.184 e. The molecule has 0 fully saturated rings. The lowest BCUT2D eigenvalue weighted by Gasteiger charge is -2.28. The quantitative estimate of drug-likeness (QED) is 0.733. The maximum atomic E-state index is 12.8. The van der Waals surface area contributed by atoms with E-state index in [0.717, 1.165) is 42.9 Å². The number of hydrogen-bond donors (Lipinski definition) is 1. The molecule has 0 aromatic heterocycles. The summed E-state index contributed by atoms with van der Waals surface area (Å²) in [7, 11) is 0. The van der Waals surface area contributed by atoms with Gasteiger partial charge in [0.2, 0.25) is 0 Å². The van der Waals surface area contributed by atoms with Crippen LogP contribution in [0.15, 0.2) is 72.8 Å². The van der Waals surface area contributed by atoms with Crippen LogP contribution in [0, 0.1) is 0 Å². The summed E-state index contributed by atoms with van der Waals surface area (Å²) in [5.41, 5.74) is 7.65. The molecule has 0 spiro atoms. The number of rotatable bonds is 7. The van der Waals surface area contributed by atoms with E-state index >= 15 is 0 Å². The second-order valence-electron chi connectivity index (χ2n) is 7.42. The number of nitrogens with zero attached hydrogens (tertiary/aromatic N) is 2. The number of hydrazine groups is 1. The number of nitrogens with one attached hydrogen (secondary N) is 1. The van der Waals surface area contributed by atoms with Gasteiger partial charge in [0.15, 0.2) is 5.78 Å². The number of benzene rings is 2. The minimum absolute atomic E-state index is 0.0978. The lowest BCUT2D eigenvalue weighted by molar-refractivity contribution is 0.0936. The molecule has 29 heavy (non-hydrogen) atoms. The van der Waals surface area contributed by atoms with E-state index in [1.807, 2.05) is 48.7 Å². The largest absolute Gasteiger partial charge is 0.487 e. The summed E-state index contributed by atoms with van der Waals surface area (Å²) in [5.74, 6) is 0.839. The molecule has 0 radical (unpaired) electrons. The first-order chi connectivity index (χ1) is 14.2. The molecule has 5 nitrogen and oxygen atoms in total. The van der Waals surface area contributed by atoms with Crippen LogP contribution in [0.1, 0.15) is 34.0 Å². The van der Waals surface area contributed by atoms with Crippen molar-refractivity contribution < 1.29 is 9.53 Å². The van der Waals surface area contributed by atoms with Crippen molar-refractivity contribution in [2.24, 2.45) is 0 Å². The zero-order chi connectivity index (χ0) is 20.1. The fourth-order valence-electron chi connectivity index (χ4n) is 3.64. The number of ketones is 1. The number of ether oxygens (including phenoxy) is 1. The van der Waals surface area contributed by atoms with Crippen LogP contribution in [-0.2, 0) is 24.3 Å². The molecule has 2 aliphatic heterocycles. The Hall–Kier alpha value is -3.05. The minimum Gasteiger partial charge on any atom is -0.487 e. The van der Waals surface area contributed by atoms with Gasteiger partial charge in [0.05, 0.1) is 6.20 Å². The highest BCUT2D eigenvalue weighted by atomic mass is 16.5. The van der Waals surface area contributed by atoms with Crippen molar-refractivity contribution in [1.29, 1.82) is 0 Å². The average molecular weight is 389 g/mol. The number of hydrogen-bond acceptors (Lipinski definition) is 5. The van der Waals surface area contributed by atoms with Crippen LogP contribution >= 0.6 is 0 Å². The van der Waals surface area contributed by atoms with Gasteiger partial charge in [-0.25, -0.2) is 0 Å². The number of allylic oxidation sites excluding steroid dienone is 1. The second kappa shape index (κ2) is 8.97. The normalized spacial score (nSPS) is 16.0. The zero-order valence-corrected chi connectivity index (χ0v) is 16.8. The Morgan fingerprint density at radius 2 is 2.00 bits per heavy atom. The summed E-state index contributed by atoms with van der Waals surface area (Å²) in [6, 6.07) is 16.2. The van der Waals surface area contributed by atoms with Crippen molar-refractivity contribution in [3.63, 3.8) is 0 Å². The Balaban J connectivity index is 1.31. The molecule has 2 aromatic carbocycles. The molecule has 150 valence electrons. The lowest BCUT2D eigenvalue weighted by Crippen LogP contribution is -2.36. The van der Waals surface area contributed by atoms with Crippen molar-refractivity contribution in [2.75, 3.05) is 19.6 Å². The van der Waals surface area contributed by atoms with Gasteiger partial charge >= 0.3 is 0 Å². The number of likely N-dealkylation sites (N-methyl/N-ethyl adjacent to an activating group) is 1. The summed E-state index contributed by atoms with van der Waals surface area (Å²) in [6.07, 6.45) is 6.56. The topological polar surface area (TPSA) is 44.8 Å². The van der Waals surface area contributed by atoms with E-state index in [-0.39, 0.29) is 12.3 Å². The van der Waals surface area contributed by atoms with Gasteiger partial charge in [-0.05, 0) is 41.8 Å². The maximum absolute atomic E-state index is 12.8. The van der Waals surface area contributed by atoms with E-state index in [9.17, 15) is 4.79 Å². The summed E-state index contributed by atoms with van der Waals surface area (Å²) in [6.45, 7) is 6.04. The van der Waals surface area contributed by atoms with Crippen molar-refractivity contribution in [3.8, 4) is 0 Å². The minimum atomic E-state index is 0.0978. The molecule has 2 aliphatic rings. The molecule has 0 unspecified atom stereocenters. The summed E-state index contributed by atoms with van der Waals surface area (Å²) < 4.78 is 5.79. The van der Waals surface area contributed by atoms with Gasteiger partial charge in [-0.2, -0.15) is 0 Å². The van der Waals surface area contributed by atoms with Crippen molar-refractivity contribution >= 4 is 5.78 Å². The third-order valence-electron chi connectivity index (χ3n) is 5.42. The smallest absolute Gasteiger partial charge is 0.184 e. The van der Waals surface area contributed by atoms with Gasteiger partial charge in [0.1, 0.15) is 18.9 Å². The molecule has 5 heteroatoms. The molecule has 0 saturated heterocycles. The van der Waals surface area contributed by atoms with Crippen LogP contribution in [-0.4, -0.2) is 35.3 Å². The van der Waals surface area contributed by atoms with E-state index < -0.39 is 0 Å². The molecule has 0 amide bonds. The first-order valence-electron chi connectivity index (χ1n) is 10.2. The fraction of sp³-hybridized carbons (Fsp3) is 0.292. The van der Waals surface area contributed by atoms with Gasteiger partial charge in [-0.1, -0.05) is 49.4 Å². The van der Waals surface area contributed by atoms with Gasteiger partial charge in [-0.3, -0.25) is 14.7 Å². The third-order valence-corrected chi connectivity index (χ3v) is 5.42. The first-order valence-corrected chi connectivity index (χ1v) is 10.2. The van der Waals surface area contributed by atoms with E-state index in [2.05, 4.69) is 29.4 Å². The van der Waals surface area contributed by atoms with Crippen LogP contribution in [0.4, 0.5) is 0 Å². The van der Waals surface area contributed by atoms with Gasteiger partial charge in [-0.15, -0.1) is 0 Å². The molecular weight excluding hydrogens is 362 g/mol. The Morgan fingerprint density at radius 3 is 2.76 bits per heavy atom. The van der Waals surface area contributed by atoms with E-state index in [4.69, 9.17) is 4.74 Å². The SMILES string of the molecule is CCN1CCc2ccc(C(=O)CN3C=CC(OCc4ccccc4)=CN3)cc2C1. The first kappa shape index (κ1) is 19.3. The van der Waals surface area contributed by atoms with Crippen molar-refractivity contribution in [3.05, 3.63) is 95.0 Å². The molecule has 0 saturated carbocycles. The van der Waals surface area contributed by atoms with E-state index in [1.165, 1.54) is 11.1 Å². The molecule has 1 N–H and O–H groups in total. The Bertz CT molecular complexity index is 921. The summed E-state index contributed by atoms with van der Waals surface area (Å²) in [5, 5.41) is 1.77. The van der Waals surface area contributed by atoms with Gasteiger partial charge in [0, 0.05) is 24.9 Å². The third kappa shape index (κ3) is 4.87. The predicted octanol–water partition coefficient (Wildman–Crippen LogP) is 3.64. The van der Waals surface area contributed by atoms with Crippen LogP contribution in [0.2, 0.25) is 0 Å². The van der Waals surface area contributed by atoms with Crippen LogP contribution in [0.25, 0.3) is 0 Å². The number of fused-ring (bicyclic) bond motifs is 1. The van der Waals surface area contributed by atoms with Crippen molar-refractivity contribution in [1.82, 2.24) is 15.3 Å². The Morgan fingerprint density at radius 1 is 1.14 bits per heavy atom. The number of Topliss-reactive ketones (excluding diaryl/α,β-unsaturated/α-hetero) is 1. The van der Waals surface area contributed by atoms with Crippen LogP contribution in [0.5, 0.6) is 0 Å². The highest BCUT2D eigenvalue weighted by molar-refractivity contribution is 5.98. The molecular formula is C24H27N3O2. The lowest BCUT2D eigenvalue weighted by atomic mass is 9.96. The molecule has 2 heterocycles. The van der Waals surface area contributed by atoms with E-state index in [1.54, 1.807) is 11.2 Å². The zero-order valence-electron chi connectivity index (χ0n) is 16.8. The van der Waals surface area contributed by atoms with Gasteiger partial charge < -0.3 is 10.2 Å². The van der Waals surface area contributed by atoms with Gasteiger partial charge in [0.25, 0.3) is 0 Å². The highest BCUT2D eigenvalue weighted by Crippen LogP contribution is 2.21. The van der Waals surface area contributed by atoms with Crippen LogP contribution < -0.4 is 5.43 Å². The van der Waals surface area contributed by atoms with E-state index in [0.29, 0.717) is 6.61 Å². The molecule has 2 aromatic rings. The monoisotopic (exact) mass is 389 g/mol. The molecule has 4 rings (SSSR count). The predicted molar refractivity (Wildman–Crippen MR) is 114 cm³/mol. The number of carbonyl (C=O) groups excluding carboxylic acids is 1. The number of carbonyl (C=O) groups is 1. The standard InChI is InChI=1S/C24H27N3O2/c1-2-26-12-10-20-8-9-21(14-22(20)16-26)24(28)17-27-13-11-23(15-25-27)29-18-19-6-4-3-5-7-19/h3-9,11,13-15,25H,2,10,12,16-18H2,1H3. The summed E-state index contributed by atoms with van der Waals surface area (Å²) in [4.78, 5) is 15.2. The highest BCUT2D eigenvalue weighted by Gasteiger charge is 2.18. The molecule has 0 aliphatic carbocycles. The summed E-state index contributed by atoms with van der Waals surface area (Å²) >= 11 is 0. The average Bonchev–Trinajstić information content (AvgIpc) is 2.78. The second-order valence-corrected chi connectivity index (χ2v) is 7.42. The molecule has 0 atom stereocenters. The fourth-order valence-corrected chi connectivity index (χ4v) is 3.64. The Kier molecular flexibility index (Phi) is 5.96.